The molecular weight excluding hydrogens is 360 g/mol. The van der Waals surface area contributed by atoms with Crippen molar-refractivity contribution < 1.29 is 13.2 Å². The molecule has 5 nitrogen and oxygen atoms in total. The first kappa shape index (κ1) is 17.7. The van der Waals surface area contributed by atoms with Crippen LogP contribution in [-0.4, -0.2) is 20.4 Å². The maximum atomic E-state index is 13.1. The molecule has 2 N–H and O–H groups in total. The number of carbonyl (C=O) groups excluding carboxylic acids is 1. The fourth-order valence-electron chi connectivity index (χ4n) is 6.66. The molecule has 4 bridgehead atoms. The summed E-state index contributed by atoms with van der Waals surface area (Å²) >= 11 is 0. The number of amides is 1. The second-order valence-corrected chi connectivity index (χ2v) is 11.2. The number of benzene rings is 1. The summed E-state index contributed by atoms with van der Waals surface area (Å²) in [7, 11) is -3.56. The van der Waals surface area contributed by atoms with Crippen molar-refractivity contribution in [1.82, 2.24) is 4.72 Å². The van der Waals surface area contributed by atoms with E-state index in [2.05, 4.69) is 17.0 Å². The van der Waals surface area contributed by atoms with Crippen LogP contribution < -0.4 is 10.0 Å². The topological polar surface area (TPSA) is 75.3 Å². The summed E-state index contributed by atoms with van der Waals surface area (Å²) in [5.74, 6) is 2.40. The van der Waals surface area contributed by atoms with Crippen LogP contribution in [-0.2, 0) is 21.2 Å². The molecule has 4 fully saturated rings. The molecule has 0 radical (unpaired) electrons. The molecule has 5 aliphatic rings. The molecule has 4 saturated carbocycles. The van der Waals surface area contributed by atoms with Gasteiger partial charge in [-0.25, -0.2) is 13.1 Å². The molecule has 1 aliphatic heterocycles. The maximum absolute atomic E-state index is 13.1. The van der Waals surface area contributed by atoms with Crippen LogP contribution in [0.15, 0.2) is 23.1 Å². The van der Waals surface area contributed by atoms with Crippen molar-refractivity contribution in [2.24, 2.45) is 23.2 Å². The highest BCUT2D eigenvalue weighted by Crippen LogP contribution is 2.61. The zero-order valence-corrected chi connectivity index (χ0v) is 16.6. The number of aryl methyl sites for hydroxylation is 1. The molecule has 1 amide bonds. The summed E-state index contributed by atoms with van der Waals surface area (Å²) < 4.78 is 29.2. The van der Waals surface area contributed by atoms with Gasteiger partial charge in [0.1, 0.15) is 0 Å². The van der Waals surface area contributed by atoms with Gasteiger partial charge in [-0.15, -0.1) is 0 Å². The first-order valence-corrected chi connectivity index (χ1v) is 11.8. The van der Waals surface area contributed by atoms with Crippen molar-refractivity contribution >= 4 is 21.6 Å². The molecule has 1 atom stereocenters. The number of anilines is 1. The summed E-state index contributed by atoms with van der Waals surface area (Å²) in [5, 5.41) is 2.81. The smallest absolute Gasteiger partial charge is 0.240 e. The molecule has 6 rings (SSSR count). The zero-order chi connectivity index (χ0) is 18.8. The van der Waals surface area contributed by atoms with Crippen molar-refractivity contribution in [2.75, 3.05) is 5.32 Å². The monoisotopic (exact) mass is 388 g/mol. The molecular formula is C21H28N2O3S. The number of carbonyl (C=O) groups is 1. The quantitative estimate of drug-likeness (QED) is 0.829. The summed E-state index contributed by atoms with van der Waals surface area (Å²) in [5.41, 5.74) is 1.78. The van der Waals surface area contributed by atoms with E-state index in [-0.39, 0.29) is 17.4 Å². The van der Waals surface area contributed by atoms with Gasteiger partial charge in [-0.2, -0.15) is 0 Å². The average molecular weight is 389 g/mol. The van der Waals surface area contributed by atoms with Gasteiger partial charge in [-0.05, 0) is 98.8 Å². The zero-order valence-electron chi connectivity index (χ0n) is 15.8. The first-order chi connectivity index (χ1) is 12.8. The third-order valence-electron chi connectivity index (χ3n) is 7.62. The summed E-state index contributed by atoms with van der Waals surface area (Å²) in [6.07, 6.45) is 8.61. The minimum atomic E-state index is -3.56. The summed E-state index contributed by atoms with van der Waals surface area (Å²) in [6.45, 7) is 2.07. The Hall–Kier alpha value is -1.40. The van der Waals surface area contributed by atoms with E-state index < -0.39 is 10.0 Å². The molecule has 1 aromatic carbocycles. The normalized spacial score (nSPS) is 35.6. The van der Waals surface area contributed by atoms with Gasteiger partial charge in [-0.1, -0.05) is 0 Å². The number of rotatable bonds is 4. The molecule has 0 aromatic heterocycles. The van der Waals surface area contributed by atoms with E-state index in [1.165, 1.54) is 38.5 Å². The predicted octanol–water partition coefficient (Wildman–Crippen LogP) is 3.45. The van der Waals surface area contributed by atoms with Crippen LogP contribution in [0.3, 0.4) is 0 Å². The van der Waals surface area contributed by atoms with Gasteiger partial charge in [0.25, 0.3) is 0 Å². The Balaban J connectivity index is 1.38. The highest BCUT2D eigenvalue weighted by atomic mass is 32.2. The number of sulfonamides is 1. The SMILES string of the molecule is CC(NS(=O)(=O)c1ccc2c(c1)CCC(=O)N2)C12CC3CC(CC(C3)C1)C2. The lowest BCUT2D eigenvalue weighted by Crippen LogP contribution is -2.55. The Morgan fingerprint density at radius 3 is 2.33 bits per heavy atom. The Morgan fingerprint density at radius 1 is 1.07 bits per heavy atom. The lowest BCUT2D eigenvalue weighted by molar-refractivity contribution is -0.116. The third-order valence-corrected chi connectivity index (χ3v) is 9.16. The van der Waals surface area contributed by atoms with E-state index in [1.54, 1.807) is 18.2 Å². The largest absolute Gasteiger partial charge is 0.326 e. The molecule has 6 heteroatoms. The van der Waals surface area contributed by atoms with Crippen LogP contribution in [0, 0.1) is 23.2 Å². The Kier molecular flexibility index (Phi) is 3.96. The van der Waals surface area contributed by atoms with Gasteiger partial charge in [0.05, 0.1) is 4.90 Å². The summed E-state index contributed by atoms with van der Waals surface area (Å²) in [6, 6.07) is 5.02. The fraction of sp³-hybridized carbons (Fsp3) is 0.667. The van der Waals surface area contributed by atoms with Crippen LogP contribution >= 0.6 is 0 Å². The Bertz CT molecular complexity index is 857. The highest BCUT2D eigenvalue weighted by Gasteiger charge is 2.53. The number of fused-ring (bicyclic) bond motifs is 1. The van der Waals surface area contributed by atoms with E-state index in [0.717, 1.165) is 29.0 Å². The number of hydrogen-bond acceptors (Lipinski definition) is 3. The van der Waals surface area contributed by atoms with E-state index in [0.29, 0.717) is 17.7 Å². The van der Waals surface area contributed by atoms with Crippen molar-refractivity contribution in [3.8, 4) is 0 Å². The van der Waals surface area contributed by atoms with Crippen LogP contribution in [0.25, 0.3) is 0 Å². The van der Waals surface area contributed by atoms with Gasteiger partial charge < -0.3 is 5.32 Å². The van der Waals surface area contributed by atoms with Gasteiger partial charge >= 0.3 is 0 Å². The van der Waals surface area contributed by atoms with E-state index >= 15 is 0 Å². The predicted molar refractivity (Wildman–Crippen MR) is 104 cm³/mol. The molecule has 0 saturated heterocycles. The molecule has 27 heavy (non-hydrogen) atoms. The van der Waals surface area contributed by atoms with Crippen molar-refractivity contribution in [3.63, 3.8) is 0 Å². The molecule has 1 aromatic rings. The van der Waals surface area contributed by atoms with Crippen LogP contribution in [0.5, 0.6) is 0 Å². The lowest BCUT2D eigenvalue weighted by atomic mass is 9.48. The van der Waals surface area contributed by atoms with Crippen molar-refractivity contribution in [3.05, 3.63) is 23.8 Å². The fourth-order valence-corrected chi connectivity index (χ4v) is 8.06. The minimum Gasteiger partial charge on any atom is -0.326 e. The number of hydrogen-bond donors (Lipinski definition) is 2. The van der Waals surface area contributed by atoms with Gasteiger partial charge in [-0.3, -0.25) is 4.79 Å². The van der Waals surface area contributed by atoms with Crippen molar-refractivity contribution in [2.45, 2.75) is 69.2 Å². The number of nitrogens with one attached hydrogen (secondary N) is 2. The van der Waals surface area contributed by atoms with E-state index in [4.69, 9.17) is 0 Å². The van der Waals surface area contributed by atoms with Crippen LogP contribution in [0.1, 0.15) is 57.4 Å². The Labute approximate surface area is 161 Å². The van der Waals surface area contributed by atoms with Crippen LogP contribution in [0.4, 0.5) is 5.69 Å². The van der Waals surface area contributed by atoms with E-state index in [9.17, 15) is 13.2 Å². The Morgan fingerprint density at radius 2 is 1.70 bits per heavy atom. The van der Waals surface area contributed by atoms with Gasteiger partial charge in [0.2, 0.25) is 15.9 Å². The van der Waals surface area contributed by atoms with Crippen molar-refractivity contribution in [1.29, 1.82) is 0 Å². The van der Waals surface area contributed by atoms with Gasteiger partial charge in [0, 0.05) is 18.2 Å². The molecule has 146 valence electrons. The lowest BCUT2D eigenvalue weighted by Gasteiger charge is -2.59. The average Bonchev–Trinajstić information content (AvgIpc) is 2.59. The first-order valence-electron chi connectivity index (χ1n) is 10.3. The standard InChI is InChI=1S/C21H28N2O3S/c1-13(21-10-14-6-15(11-21)8-16(7-14)12-21)23-27(25,26)18-3-4-19-17(9-18)2-5-20(24)22-19/h3-4,9,13-16,23H,2,5-8,10-12H2,1H3,(H,22,24). The highest BCUT2D eigenvalue weighted by molar-refractivity contribution is 7.89. The van der Waals surface area contributed by atoms with Crippen LogP contribution in [0.2, 0.25) is 0 Å². The maximum Gasteiger partial charge on any atom is 0.240 e. The second kappa shape index (κ2) is 6.05. The molecule has 4 aliphatic carbocycles. The molecule has 1 unspecified atom stereocenters. The molecule has 0 spiro atoms. The van der Waals surface area contributed by atoms with Gasteiger partial charge in [0.15, 0.2) is 0 Å². The molecule has 1 heterocycles. The summed E-state index contributed by atoms with van der Waals surface area (Å²) in [4.78, 5) is 11.8. The third kappa shape index (κ3) is 3.01. The minimum absolute atomic E-state index is 0.00771. The van der Waals surface area contributed by atoms with E-state index in [1.807, 2.05) is 0 Å². The second-order valence-electron chi connectivity index (χ2n) is 9.49.